The zero-order valence-corrected chi connectivity index (χ0v) is 12.4. The molecule has 0 heterocycles. The lowest BCUT2D eigenvalue weighted by atomic mass is 10.2. The Morgan fingerprint density at radius 1 is 1.14 bits per heavy atom. The lowest BCUT2D eigenvalue weighted by molar-refractivity contribution is 0.155. The van der Waals surface area contributed by atoms with Crippen molar-refractivity contribution in [3.05, 3.63) is 60.2 Å². The van der Waals surface area contributed by atoms with Gasteiger partial charge < -0.3 is 14.2 Å². The largest absolute Gasteiger partial charge is 0.444 e. The van der Waals surface area contributed by atoms with Gasteiger partial charge in [-0.15, -0.1) is 0 Å². The zero-order chi connectivity index (χ0) is 15.1. The van der Waals surface area contributed by atoms with Crippen LogP contribution >= 0.6 is 8.38 Å². The third-order valence-corrected chi connectivity index (χ3v) is 3.81. The number of hydrogen-bond donors (Lipinski definition) is 2. The quantitative estimate of drug-likeness (QED) is 0.833. The maximum atomic E-state index is 11.7. The number of carbonyl (C=O) groups is 1. The second kappa shape index (κ2) is 7.74. The molecule has 0 aliphatic rings. The fourth-order valence-corrected chi connectivity index (χ4v) is 2.27. The maximum absolute atomic E-state index is 11.7. The minimum atomic E-state index is -1.59. The molecule has 2 aromatic carbocycles. The number of carbonyl (C=O) groups excluding carboxylic acids is 1. The summed E-state index contributed by atoms with van der Waals surface area (Å²) in [6.07, 6.45) is -0.524. The number of hydrogen-bond acceptors (Lipinski definition) is 4. The van der Waals surface area contributed by atoms with E-state index in [1.165, 1.54) is 7.11 Å². The maximum Gasteiger partial charge on any atom is 0.411 e. The molecule has 0 bridgehead atoms. The van der Waals surface area contributed by atoms with Crippen molar-refractivity contribution in [1.29, 1.82) is 0 Å². The monoisotopic (exact) mass is 305 g/mol. The van der Waals surface area contributed by atoms with E-state index >= 15 is 0 Å². The van der Waals surface area contributed by atoms with E-state index in [9.17, 15) is 9.69 Å². The summed E-state index contributed by atoms with van der Waals surface area (Å²) in [6.45, 7) is 0.219. The summed E-state index contributed by atoms with van der Waals surface area (Å²) >= 11 is 0. The predicted molar refractivity (Wildman–Crippen MR) is 82.5 cm³/mol. The molecule has 21 heavy (non-hydrogen) atoms. The third kappa shape index (κ3) is 4.83. The predicted octanol–water partition coefficient (Wildman–Crippen LogP) is 3.01. The van der Waals surface area contributed by atoms with Gasteiger partial charge in [0.1, 0.15) is 6.61 Å². The van der Waals surface area contributed by atoms with Crippen molar-refractivity contribution in [3.63, 3.8) is 0 Å². The Balaban J connectivity index is 1.85. The molecule has 1 atom stereocenters. The fraction of sp³-hybridized carbons (Fsp3) is 0.133. The van der Waals surface area contributed by atoms with Gasteiger partial charge in [-0.3, -0.25) is 5.32 Å². The summed E-state index contributed by atoms with van der Waals surface area (Å²) in [5, 5.41) is 3.30. The standard InChI is InChI=1S/C15H16NO4P/c1-19-21(18)14-9-7-13(8-10-14)16-15(17)20-11-12-5-3-2-4-6-12/h2-10,18H,11H2,1H3,(H,16,17). The second-order valence-electron chi connectivity index (χ2n) is 4.19. The molecule has 0 aromatic heterocycles. The third-order valence-electron chi connectivity index (χ3n) is 2.72. The number of ether oxygens (including phenoxy) is 1. The normalized spacial score (nSPS) is 11.7. The van der Waals surface area contributed by atoms with E-state index in [2.05, 4.69) is 5.32 Å². The molecule has 0 aliphatic carbocycles. The number of anilines is 1. The van der Waals surface area contributed by atoms with Gasteiger partial charge in [-0.25, -0.2) is 4.79 Å². The minimum Gasteiger partial charge on any atom is -0.444 e. The van der Waals surface area contributed by atoms with Crippen LogP contribution in [0.25, 0.3) is 0 Å². The van der Waals surface area contributed by atoms with Crippen LogP contribution in [-0.2, 0) is 15.9 Å². The molecule has 5 nitrogen and oxygen atoms in total. The van der Waals surface area contributed by atoms with Crippen LogP contribution < -0.4 is 10.6 Å². The SMILES string of the molecule is COP(O)c1ccc(NC(=O)OCc2ccccc2)cc1. The number of nitrogens with one attached hydrogen (secondary N) is 1. The molecule has 0 fully saturated rings. The number of amides is 1. The number of benzene rings is 2. The molecule has 1 unspecified atom stereocenters. The van der Waals surface area contributed by atoms with Gasteiger partial charge in [0.05, 0.1) is 0 Å². The van der Waals surface area contributed by atoms with Gasteiger partial charge in [0.25, 0.3) is 0 Å². The molecule has 1 amide bonds. The molecule has 0 spiro atoms. The van der Waals surface area contributed by atoms with E-state index in [1.807, 2.05) is 30.3 Å². The zero-order valence-electron chi connectivity index (χ0n) is 11.5. The van der Waals surface area contributed by atoms with Gasteiger partial charge in [0.2, 0.25) is 8.38 Å². The van der Waals surface area contributed by atoms with Crippen LogP contribution in [0.2, 0.25) is 0 Å². The lowest BCUT2D eigenvalue weighted by Crippen LogP contribution is -2.14. The first-order chi connectivity index (χ1) is 10.2. The Hall–Kier alpha value is -1.94. The first kappa shape index (κ1) is 15.4. The Kier molecular flexibility index (Phi) is 5.69. The van der Waals surface area contributed by atoms with Crippen LogP contribution in [0.15, 0.2) is 54.6 Å². The number of rotatable bonds is 5. The molecule has 2 aromatic rings. The Morgan fingerprint density at radius 3 is 2.43 bits per heavy atom. The van der Waals surface area contributed by atoms with Gasteiger partial charge in [-0.05, 0) is 29.8 Å². The first-order valence-electron chi connectivity index (χ1n) is 6.30. The van der Waals surface area contributed by atoms with Crippen LogP contribution in [0.4, 0.5) is 10.5 Å². The smallest absolute Gasteiger partial charge is 0.411 e. The molecular weight excluding hydrogens is 289 g/mol. The van der Waals surface area contributed by atoms with Crippen LogP contribution in [-0.4, -0.2) is 18.1 Å². The summed E-state index contributed by atoms with van der Waals surface area (Å²) < 4.78 is 9.96. The highest BCUT2D eigenvalue weighted by Crippen LogP contribution is 2.28. The average molecular weight is 305 g/mol. The van der Waals surface area contributed by atoms with Gasteiger partial charge in [-0.1, -0.05) is 30.3 Å². The molecule has 2 N–H and O–H groups in total. The highest BCUT2D eigenvalue weighted by Gasteiger charge is 2.08. The van der Waals surface area contributed by atoms with Gasteiger partial charge in [0, 0.05) is 18.1 Å². The molecule has 0 saturated carbocycles. The van der Waals surface area contributed by atoms with E-state index in [-0.39, 0.29) is 6.61 Å². The van der Waals surface area contributed by atoms with E-state index in [0.717, 1.165) is 5.56 Å². The van der Waals surface area contributed by atoms with Crippen molar-refractivity contribution in [2.24, 2.45) is 0 Å². The van der Waals surface area contributed by atoms with Crippen molar-refractivity contribution >= 4 is 25.5 Å². The summed E-state index contributed by atoms with van der Waals surface area (Å²) in [5.41, 5.74) is 1.52. The average Bonchev–Trinajstić information content (AvgIpc) is 2.54. The van der Waals surface area contributed by atoms with Crippen molar-refractivity contribution in [2.45, 2.75) is 6.61 Å². The van der Waals surface area contributed by atoms with Crippen molar-refractivity contribution in [1.82, 2.24) is 0 Å². The molecule has 0 aliphatic heterocycles. The summed E-state index contributed by atoms with van der Waals surface area (Å²) in [6, 6.07) is 16.2. The van der Waals surface area contributed by atoms with E-state index < -0.39 is 14.5 Å². The van der Waals surface area contributed by atoms with E-state index in [0.29, 0.717) is 11.0 Å². The first-order valence-corrected chi connectivity index (χ1v) is 7.51. The highest BCUT2D eigenvalue weighted by molar-refractivity contribution is 7.54. The summed E-state index contributed by atoms with van der Waals surface area (Å²) in [7, 11) is -0.144. The van der Waals surface area contributed by atoms with E-state index in [4.69, 9.17) is 9.26 Å². The molecule has 6 heteroatoms. The topological polar surface area (TPSA) is 67.8 Å². The van der Waals surface area contributed by atoms with Gasteiger partial charge in [-0.2, -0.15) is 0 Å². The Morgan fingerprint density at radius 2 is 1.81 bits per heavy atom. The van der Waals surface area contributed by atoms with Gasteiger partial charge in [0.15, 0.2) is 0 Å². The fourth-order valence-electron chi connectivity index (χ4n) is 1.65. The van der Waals surface area contributed by atoms with Gasteiger partial charge >= 0.3 is 6.09 Å². The summed E-state index contributed by atoms with van der Waals surface area (Å²) in [5.74, 6) is 0. The molecular formula is C15H16NO4P. The van der Waals surface area contributed by atoms with Crippen molar-refractivity contribution in [2.75, 3.05) is 12.4 Å². The molecule has 110 valence electrons. The Labute approximate surface area is 124 Å². The molecule has 2 rings (SSSR count). The lowest BCUT2D eigenvalue weighted by Gasteiger charge is -2.09. The van der Waals surface area contributed by atoms with Crippen LogP contribution in [0.3, 0.4) is 0 Å². The van der Waals surface area contributed by atoms with Crippen LogP contribution in [0.5, 0.6) is 0 Å². The van der Waals surface area contributed by atoms with Crippen LogP contribution in [0, 0.1) is 0 Å². The van der Waals surface area contributed by atoms with Crippen LogP contribution in [0.1, 0.15) is 5.56 Å². The Bertz CT molecular complexity index is 574. The van der Waals surface area contributed by atoms with Crippen molar-refractivity contribution in [3.8, 4) is 0 Å². The second-order valence-corrected chi connectivity index (χ2v) is 5.62. The van der Waals surface area contributed by atoms with E-state index in [1.54, 1.807) is 24.3 Å². The molecule has 0 radical (unpaired) electrons. The summed E-state index contributed by atoms with van der Waals surface area (Å²) in [4.78, 5) is 21.2. The van der Waals surface area contributed by atoms with Crippen molar-refractivity contribution < 1.29 is 18.9 Å². The molecule has 0 saturated heterocycles. The highest BCUT2D eigenvalue weighted by atomic mass is 31.2. The minimum absolute atomic E-state index is 0.219.